The minimum Gasteiger partial charge on any atom is -0.352 e. The highest BCUT2D eigenvalue weighted by Crippen LogP contribution is 2.37. The molecule has 0 saturated heterocycles. The predicted octanol–water partition coefficient (Wildman–Crippen LogP) is 5.30. The number of benzene rings is 3. The number of anilines is 1. The van der Waals surface area contributed by atoms with Crippen molar-refractivity contribution in [1.29, 1.82) is 0 Å². The molecular formula is C30H35N3O3. The second-order valence-corrected chi connectivity index (χ2v) is 9.49. The molecule has 0 unspecified atom stereocenters. The number of hydrogen-bond donors (Lipinski definition) is 1. The first-order valence-electron chi connectivity index (χ1n) is 12.9. The normalized spacial score (nSPS) is 14.1. The van der Waals surface area contributed by atoms with E-state index in [1.54, 1.807) is 9.80 Å². The first-order valence-corrected chi connectivity index (χ1v) is 12.9. The summed E-state index contributed by atoms with van der Waals surface area (Å²) in [5, 5.41) is 5.07. The Bertz CT molecular complexity index is 1240. The molecule has 4 rings (SSSR count). The maximum Gasteiger partial charge on any atom is 0.258 e. The van der Waals surface area contributed by atoms with Crippen LogP contribution in [0.2, 0.25) is 0 Å². The molecule has 0 aromatic heterocycles. The Hall–Kier alpha value is -3.67. The molecule has 0 aliphatic carbocycles. The summed E-state index contributed by atoms with van der Waals surface area (Å²) in [6, 6.07) is 21.0. The molecule has 2 atom stereocenters. The molecule has 0 saturated carbocycles. The molecule has 36 heavy (non-hydrogen) atoms. The minimum atomic E-state index is -0.543. The van der Waals surface area contributed by atoms with Crippen LogP contribution in [0.15, 0.2) is 66.7 Å². The minimum absolute atomic E-state index is 0.0187. The van der Waals surface area contributed by atoms with E-state index in [1.165, 1.54) is 0 Å². The number of carbonyl (C=O) groups is 3. The van der Waals surface area contributed by atoms with Gasteiger partial charge in [0.15, 0.2) is 0 Å². The van der Waals surface area contributed by atoms with Crippen LogP contribution in [0, 0.1) is 0 Å². The van der Waals surface area contributed by atoms with Crippen molar-refractivity contribution < 1.29 is 14.4 Å². The van der Waals surface area contributed by atoms with Crippen LogP contribution in [-0.4, -0.2) is 41.2 Å². The second kappa shape index (κ2) is 11.4. The van der Waals surface area contributed by atoms with E-state index in [4.69, 9.17) is 0 Å². The number of carbonyl (C=O) groups excluding carboxylic acids is 3. The van der Waals surface area contributed by atoms with E-state index in [2.05, 4.69) is 5.32 Å². The molecule has 6 nitrogen and oxygen atoms in total. The molecule has 6 heteroatoms. The maximum atomic E-state index is 13.5. The van der Waals surface area contributed by atoms with Gasteiger partial charge in [-0.2, -0.15) is 0 Å². The van der Waals surface area contributed by atoms with Gasteiger partial charge in [0, 0.05) is 36.5 Å². The monoisotopic (exact) mass is 485 g/mol. The van der Waals surface area contributed by atoms with Gasteiger partial charge in [-0.05, 0) is 49.3 Å². The summed E-state index contributed by atoms with van der Waals surface area (Å²) < 4.78 is 0. The lowest BCUT2D eigenvalue weighted by atomic mass is 10.1. The highest BCUT2D eigenvalue weighted by molar-refractivity contribution is 6.25. The first-order chi connectivity index (χ1) is 17.4. The van der Waals surface area contributed by atoms with Crippen LogP contribution in [0.5, 0.6) is 0 Å². The molecule has 0 fully saturated rings. The second-order valence-electron chi connectivity index (χ2n) is 9.49. The number of hydrogen-bond acceptors (Lipinski definition) is 3. The van der Waals surface area contributed by atoms with Gasteiger partial charge in [0.1, 0.15) is 6.04 Å². The molecule has 1 aliphatic rings. The van der Waals surface area contributed by atoms with E-state index < -0.39 is 6.04 Å². The van der Waals surface area contributed by atoms with Crippen molar-refractivity contribution in [3.05, 3.63) is 77.9 Å². The summed E-state index contributed by atoms with van der Waals surface area (Å²) in [6.45, 7) is 6.76. The van der Waals surface area contributed by atoms with Crippen LogP contribution < -0.4 is 10.2 Å². The van der Waals surface area contributed by atoms with E-state index in [0.29, 0.717) is 31.5 Å². The van der Waals surface area contributed by atoms with E-state index in [1.807, 2.05) is 87.5 Å². The van der Waals surface area contributed by atoms with Crippen LogP contribution in [-0.2, 0) is 16.1 Å². The number of nitrogens with zero attached hydrogens (tertiary/aromatic N) is 2. The molecule has 1 N–H and O–H groups in total. The Balaban J connectivity index is 1.47. The SMILES string of the molecule is CC[C@H](C(=O)N[C@@H](C)CC)N(Cc1ccccc1)C(=O)CCCN1C(=O)c2cccc3cccc1c23. The van der Waals surface area contributed by atoms with Gasteiger partial charge in [-0.15, -0.1) is 0 Å². The maximum absolute atomic E-state index is 13.5. The van der Waals surface area contributed by atoms with E-state index in [9.17, 15) is 14.4 Å². The van der Waals surface area contributed by atoms with E-state index in [-0.39, 0.29) is 30.2 Å². The summed E-state index contributed by atoms with van der Waals surface area (Å²) in [7, 11) is 0. The van der Waals surface area contributed by atoms with Gasteiger partial charge in [0.2, 0.25) is 11.8 Å². The Morgan fingerprint density at radius 2 is 1.67 bits per heavy atom. The number of amides is 3. The fourth-order valence-corrected chi connectivity index (χ4v) is 4.87. The molecule has 0 radical (unpaired) electrons. The summed E-state index contributed by atoms with van der Waals surface area (Å²) in [4.78, 5) is 43.2. The topological polar surface area (TPSA) is 69.7 Å². The highest BCUT2D eigenvalue weighted by atomic mass is 16.2. The summed E-state index contributed by atoms with van der Waals surface area (Å²) >= 11 is 0. The van der Waals surface area contributed by atoms with Crippen molar-refractivity contribution in [3.63, 3.8) is 0 Å². The lowest BCUT2D eigenvalue weighted by Crippen LogP contribution is -2.50. The number of rotatable bonds is 11. The smallest absolute Gasteiger partial charge is 0.258 e. The van der Waals surface area contributed by atoms with Crippen molar-refractivity contribution in [2.24, 2.45) is 0 Å². The molecular weight excluding hydrogens is 450 g/mol. The third kappa shape index (κ3) is 5.27. The van der Waals surface area contributed by atoms with Crippen molar-refractivity contribution in [3.8, 4) is 0 Å². The van der Waals surface area contributed by atoms with Crippen LogP contribution in [0.25, 0.3) is 10.8 Å². The third-order valence-electron chi connectivity index (χ3n) is 7.00. The third-order valence-corrected chi connectivity index (χ3v) is 7.00. The van der Waals surface area contributed by atoms with Crippen LogP contribution in [0.4, 0.5) is 5.69 Å². The lowest BCUT2D eigenvalue weighted by molar-refractivity contribution is -0.141. The fourth-order valence-electron chi connectivity index (χ4n) is 4.87. The highest BCUT2D eigenvalue weighted by Gasteiger charge is 2.31. The van der Waals surface area contributed by atoms with E-state index >= 15 is 0 Å². The zero-order valence-electron chi connectivity index (χ0n) is 21.4. The molecule has 1 heterocycles. The zero-order chi connectivity index (χ0) is 25.7. The largest absolute Gasteiger partial charge is 0.352 e. The van der Waals surface area contributed by atoms with Crippen molar-refractivity contribution in [2.75, 3.05) is 11.4 Å². The van der Waals surface area contributed by atoms with Crippen LogP contribution >= 0.6 is 0 Å². The summed E-state index contributed by atoms with van der Waals surface area (Å²) in [5.41, 5.74) is 2.60. The zero-order valence-corrected chi connectivity index (χ0v) is 21.4. The van der Waals surface area contributed by atoms with Gasteiger partial charge in [0.05, 0.1) is 5.69 Å². The van der Waals surface area contributed by atoms with Gasteiger partial charge < -0.3 is 15.1 Å². The Kier molecular flexibility index (Phi) is 8.04. The van der Waals surface area contributed by atoms with Gasteiger partial charge in [-0.3, -0.25) is 14.4 Å². The van der Waals surface area contributed by atoms with Crippen molar-refractivity contribution in [1.82, 2.24) is 10.2 Å². The Morgan fingerprint density at radius 1 is 0.944 bits per heavy atom. The molecule has 0 spiro atoms. The van der Waals surface area contributed by atoms with Crippen molar-refractivity contribution in [2.45, 2.75) is 65.1 Å². The average Bonchev–Trinajstić information content (AvgIpc) is 3.17. The van der Waals surface area contributed by atoms with Gasteiger partial charge in [-0.1, -0.05) is 68.4 Å². The molecule has 188 valence electrons. The van der Waals surface area contributed by atoms with Crippen LogP contribution in [0.3, 0.4) is 0 Å². The lowest BCUT2D eigenvalue weighted by Gasteiger charge is -2.31. The predicted molar refractivity (Wildman–Crippen MR) is 144 cm³/mol. The standard InChI is InChI=1S/C30H35N3O3/c1-4-21(3)31-29(35)25(5-2)33(20-22-12-7-6-8-13-22)27(34)18-11-19-32-26-17-10-15-23-14-9-16-24(28(23)26)30(32)36/h6-10,12-17,21,25H,4-5,11,18-20H2,1-3H3,(H,31,35)/t21-,25+/m0/s1. The summed E-state index contributed by atoms with van der Waals surface area (Å²) in [5.74, 6) is -0.213. The van der Waals surface area contributed by atoms with Gasteiger partial charge >= 0.3 is 0 Å². The van der Waals surface area contributed by atoms with E-state index in [0.717, 1.165) is 28.4 Å². The van der Waals surface area contributed by atoms with Crippen LogP contribution in [0.1, 0.15) is 62.4 Å². The van der Waals surface area contributed by atoms with Crippen molar-refractivity contribution >= 4 is 34.2 Å². The molecule has 0 bridgehead atoms. The summed E-state index contributed by atoms with van der Waals surface area (Å²) in [6.07, 6.45) is 2.14. The average molecular weight is 486 g/mol. The molecule has 3 amide bonds. The quantitative estimate of drug-likeness (QED) is 0.401. The Labute approximate surface area is 213 Å². The van der Waals surface area contributed by atoms with Gasteiger partial charge in [0.25, 0.3) is 5.91 Å². The molecule has 3 aromatic rings. The molecule has 3 aromatic carbocycles. The first kappa shape index (κ1) is 25.4. The number of nitrogens with one attached hydrogen (secondary N) is 1. The molecule has 1 aliphatic heterocycles. The fraction of sp³-hybridized carbons (Fsp3) is 0.367. The van der Waals surface area contributed by atoms with Gasteiger partial charge in [-0.25, -0.2) is 0 Å². The Morgan fingerprint density at radius 3 is 2.36 bits per heavy atom.